The van der Waals surface area contributed by atoms with Crippen molar-refractivity contribution in [3.63, 3.8) is 0 Å². The zero-order valence-corrected chi connectivity index (χ0v) is 5.82. The van der Waals surface area contributed by atoms with Crippen LogP contribution in [0.25, 0.3) is 0 Å². The first-order chi connectivity index (χ1) is 4.27. The van der Waals surface area contributed by atoms with Crippen molar-refractivity contribution in [1.29, 1.82) is 0 Å². The number of aliphatic hydroxyl groups is 1. The van der Waals surface area contributed by atoms with Crippen LogP contribution in [-0.2, 0) is 11.1 Å². The number of rotatable bonds is 5. The van der Waals surface area contributed by atoms with E-state index in [4.69, 9.17) is 5.11 Å². The maximum absolute atomic E-state index is 9.84. The van der Waals surface area contributed by atoms with E-state index < -0.39 is 11.1 Å². The Hall–Kier alpha value is 0.0300. The van der Waals surface area contributed by atoms with Crippen molar-refractivity contribution in [2.24, 2.45) is 0 Å². The molecule has 0 aromatic rings. The fourth-order valence-corrected chi connectivity index (χ4v) is 0.671. The van der Waals surface area contributed by atoms with Gasteiger partial charge in [0.25, 0.3) is 0 Å². The lowest BCUT2D eigenvalue weighted by Gasteiger charge is -2.04. The Labute approximate surface area is 56.6 Å². The maximum Gasteiger partial charge on any atom is 0.0588 e. The number of nitrogens with one attached hydrogen (secondary N) is 1. The summed E-state index contributed by atoms with van der Waals surface area (Å²) in [6.45, 7) is 0.642. The first kappa shape index (κ1) is 9.03. The summed E-state index contributed by atoms with van der Waals surface area (Å²) in [4.78, 5) is 0. The lowest BCUT2D eigenvalue weighted by molar-refractivity contribution is 0.287. The van der Waals surface area contributed by atoms with E-state index in [1.807, 2.05) is 0 Å². The molecule has 0 aromatic heterocycles. The lowest BCUT2D eigenvalue weighted by atomic mass is 10.5. The van der Waals surface area contributed by atoms with Crippen LogP contribution in [0.5, 0.6) is 0 Å². The number of hydrogen-bond donors (Lipinski definition) is 2. The summed E-state index contributed by atoms with van der Waals surface area (Å²) in [5.74, 6) is -0.0278. The van der Waals surface area contributed by atoms with Crippen molar-refractivity contribution in [3.8, 4) is 0 Å². The molecule has 0 saturated heterocycles. The minimum Gasteiger partial charge on any atom is -0.771 e. The minimum atomic E-state index is -2.01. The van der Waals surface area contributed by atoms with E-state index in [1.54, 1.807) is 0 Å². The van der Waals surface area contributed by atoms with Gasteiger partial charge in [-0.3, -0.25) is 4.21 Å². The molecule has 1 atom stereocenters. The van der Waals surface area contributed by atoms with Gasteiger partial charge >= 0.3 is 0 Å². The quantitative estimate of drug-likeness (QED) is 0.383. The van der Waals surface area contributed by atoms with Gasteiger partial charge in [-0.05, 0) is 24.0 Å². The highest BCUT2D eigenvalue weighted by Gasteiger charge is 1.83. The Kier molecular flexibility index (Phi) is 6.18. The monoisotopic (exact) mass is 152 g/mol. The topological polar surface area (TPSA) is 72.4 Å². The van der Waals surface area contributed by atoms with Crippen molar-refractivity contribution < 1.29 is 13.9 Å². The fraction of sp³-hybridized carbons (Fsp3) is 1.00. The van der Waals surface area contributed by atoms with Gasteiger partial charge in [0.05, 0.1) is 5.88 Å². The largest absolute Gasteiger partial charge is 0.771 e. The van der Waals surface area contributed by atoms with Gasteiger partial charge in [0.2, 0.25) is 0 Å². The molecule has 0 radical (unpaired) electrons. The minimum absolute atomic E-state index is 0.0278. The van der Waals surface area contributed by atoms with Gasteiger partial charge in [0.15, 0.2) is 0 Å². The molecule has 9 heavy (non-hydrogen) atoms. The SMILES string of the molecule is O=S([O-])CNCCCO. The van der Waals surface area contributed by atoms with Crippen molar-refractivity contribution in [1.82, 2.24) is 5.32 Å². The molecule has 4 nitrogen and oxygen atoms in total. The third kappa shape index (κ3) is 8.03. The Morgan fingerprint density at radius 3 is 2.78 bits per heavy atom. The van der Waals surface area contributed by atoms with Crippen LogP contribution in [0.2, 0.25) is 0 Å². The van der Waals surface area contributed by atoms with Gasteiger partial charge in [-0.1, -0.05) is 0 Å². The van der Waals surface area contributed by atoms with Crippen LogP contribution in [0, 0.1) is 0 Å². The van der Waals surface area contributed by atoms with Gasteiger partial charge in [-0.25, -0.2) is 0 Å². The summed E-state index contributed by atoms with van der Waals surface area (Å²) in [7, 11) is 0. The van der Waals surface area contributed by atoms with Crippen molar-refractivity contribution in [2.45, 2.75) is 6.42 Å². The van der Waals surface area contributed by atoms with Gasteiger partial charge in [0, 0.05) is 6.61 Å². The summed E-state index contributed by atoms with van der Waals surface area (Å²) < 4.78 is 19.7. The molecule has 0 fully saturated rings. The standard InChI is InChI=1S/C4H11NO3S/c6-3-1-2-5-4-9(7)8/h5-6H,1-4H2,(H,7,8)/p-1. The van der Waals surface area contributed by atoms with Crippen LogP contribution in [0.1, 0.15) is 6.42 Å². The highest BCUT2D eigenvalue weighted by molar-refractivity contribution is 7.79. The van der Waals surface area contributed by atoms with Crippen molar-refractivity contribution in [2.75, 3.05) is 19.0 Å². The van der Waals surface area contributed by atoms with E-state index in [-0.39, 0.29) is 12.5 Å². The predicted molar refractivity (Wildman–Crippen MR) is 33.5 cm³/mol. The van der Waals surface area contributed by atoms with Gasteiger partial charge in [0.1, 0.15) is 0 Å². The molecule has 0 bridgehead atoms. The molecule has 5 heteroatoms. The second-order valence-electron chi connectivity index (χ2n) is 1.53. The molecular formula is C4H10NO3S-. The lowest BCUT2D eigenvalue weighted by Crippen LogP contribution is -2.20. The Balaban J connectivity index is 2.83. The van der Waals surface area contributed by atoms with E-state index in [9.17, 15) is 8.76 Å². The van der Waals surface area contributed by atoms with E-state index in [0.29, 0.717) is 13.0 Å². The maximum atomic E-state index is 9.84. The molecule has 2 N–H and O–H groups in total. The second kappa shape index (κ2) is 6.15. The van der Waals surface area contributed by atoms with Crippen LogP contribution >= 0.6 is 0 Å². The Morgan fingerprint density at radius 2 is 2.33 bits per heavy atom. The van der Waals surface area contributed by atoms with Crippen molar-refractivity contribution in [3.05, 3.63) is 0 Å². The summed E-state index contributed by atoms with van der Waals surface area (Å²) in [5, 5.41) is 10.9. The molecule has 1 unspecified atom stereocenters. The molecule has 0 aromatic carbocycles. The third-order valence-corrected chi connectivity index (χ3v) is 1.17. The van der Waals surface area contributed by atoms with Crippen LogP contribution in [0.4, 0.5) is 0 Å². The first-order valence-electron chi connectivity index (χ1n) is 2.65. The zero-order valence-electron chi connectivity index (χ0n) is 5.00. The third-order valence-electron chi connectivity index (χ3n) is 0.732. The molecule has 56 valence electrons. The molecule has 0 heterocycles. The molecule has 0 saturated carbocycles. The number of hydrogen-bond acceptors (Lipinski definition) is 4. The molecular weight excluding hydrogens is 142 g/mol. The predicted octanol–water partition coefficient (Wildman–Crippen LogP) is -1.21. The molecule has 0 aliphatic carbocycles. The van der Waals surface area contributed by atoms with Gasteiger partial charge in [-0.2, -0.15) is 0 Å². The fourth-order valence-electron chi connectivity index (χ4n) is 0.360. The van der Waals surface area contributed by atoms with Crippen LogP contribution in [0.15, 0.2) is 0 Å². The van der Waals surface area contributed by atoms with E-state index >= 15 is 0 Å². The summed E-state index contributed by atoms with van der Waals surface area (Å²) in [6.07, 6.45) is 0.594. The summed E-state index contributed by atoms with van der Waals surface area (Å²) >= 11 is -2.01. The molecule has 0 aliphatic heterocycles. The molecule has 0 rings (SSSR count). The van der Waals surface area contributed by atoms with Crippen molar-refractivity contribution >= 4 is 11.1 Å². The summed E-state index contributed by atoms with van der Waals surface area (Å²) in [6, 6.07) is 0. The number of aliphatic hydroxyl groups excluding tert-OH is 1. The first-order valence-corrected chi connectivity index (χ1v) is 3.89. The Morgan fingerprint density at radius 1 is 1.67 bits per heavy atom. The van der Waals surface area contributed by atoms with Crippen LogP contribution in [-0.4, -0.2) is 32.9 Å². The summed E-state index contributed by atoms with van der Waals surface area (Å²) in [5.41, 5.74) is 0. The Bertz CT molecular complexity index is 87.9. The average Bonchev–Trinajstić information content (AvgIpc) is 1.80. The highest BCUT2D eigenvalue weighted by atomic mass is 32.2. The van der Waals surface area contributed by atoms with E-state index in [2.05, 4.69) is 5.32 Å². The zero-order chi connectivity index (χ0) is 7.11. The van der Waals surface area contributed by atoms with Crippen LogP contribution in [0.3, 0.4) is 0 Å². The normalized spacial score (nSPS) is 13.6. The van der Waals surface area contributed by atoms with Gasteiger partial charge < -0.3 is 15.0 Å². The van der Waals surface area contributed by atoms with E-state index in [1.165, 1.54) is 0 Å². The van der Waals surface area contributed by atoms with E-state index in [0.717, 1.165) is 0 Å². The second-order valence-corrected chi connectivity index (χ2v) is 2.42. The smallest absolute Gasteiger partial charge is 0.0588 e. The molecule has 0 amide bonds. The molecule has 0 aliphatic rings. The molecule has 0 spiro atoms. The van der Waals surface area contributed by atoms with Crippen LogP contribution < -0.4 is 5.32 Å². The average molecular weight is 152 g/mol. The van der Waals surface area contributed by atoms with Gasteiger partial charge in [-0.15, -0.1) is 0 Å². The highest BCUT2D eigenvalue weighted by Crippen LogP contribution is 1.72.